The number of aromatic nitrogens is 1. The molecule has 2 N–H and O–H groups in total. The van der Waals surface area contributed by atoms with Gasteiger partial charge in [0.2, 0.25) is 5.91 Å². The average molecular weight is 290 g/mol. The van der Waals surface area contributed by atoms with Crippen molar-refractivity contribution >= 4 is 34.1 Å². The van der Waals surface area contributed by atoms with Crippen LogP contribution in [0.3, 0.4) is 0 Å². The van der Waals surface area contributed by atoms with Crippen LogP contribution in [0.15, 0.2) is 30.5 Å². The molecule has 104 valence electrons. The number of pyridine rings is 1. The minimum atomic E-state index is -0.261. The van der Waals surface area contributed by atoms with Crippen LogP contribution in [0.5, 0.6) is 0 Å². The molecule has 0 spiro atoms. The molecular formula is C15H16ClN3O. The summed E-state index contributed by atoms with van der Waals surface area (Å²) in [5.41, 5.74) is 7.39. The second kappa shape index (κ2) is 5.29. The minimum absolute atomic E-state index is 0.231. The molecule has 1 fully saturated rings. The number of benzene rings is 1. The Morgan fingerprint density at radius 1 is 1.35 bits per heavy atom. The molecule has 0 radical (unpaired) electrons. The summed E-state index contributed by atoms with van der Waals surface area (Å²) >= 11 is 6.01. The Labute approximate surface area is 122 Å². The lowest BCUT2D eigenvalue weighted by atomic mass is 10.00. The van der Waals surface area contributed by atoms with Crippen molar-refractivity contribution in [2.45, 2.75) is 25.3 Å². The number of piperidine rings is 1. The quantitative estimate of drug-likeness (QED) is 0.925. The Morgan fingerprint density at radius 3 is 3.00 bits per heavy atom. The molecule has 0 bridgehead atoms. The van der Waals surface area contributed by atoms with E-state index >= 15 is 0 Å². The molecule has 1 aliphatic rings. The van der Waals surface area contributed by atoms with Gasteiger partial charge in [0.15, 0.2) is 0 Å². The third-order valence-corrected chi connectivity index (χ3v) is 4.06. The van der Waals surface area contributed by atoms with Crippen molar-refractivity contribution < 1.29 is 4.79 Å². The first kappa shape index (κ1) is 13.2. The van der Waals surface area contributed by atoms with E-state index in [-0.39, 0.29) is 11.9 Å². The number of nitrogens with two attached hydrogens (primary N) is 1. The van der Waals surface area contributed by atoms with E-state index in [1.165, 1.54) is 0 Å². The molecule has 1 amide bonds. The van der Waals surface area contributed by atoms with Crippen LogP contribution < -0.4 is 10.6 Å². The second-order valence-corrected chi connectivity index (χ2v) is 5.54. The van der Waals surface area contributed by atoms with Gasteiger partial charge in [-0.25, -0.2) is 0 Å². The summed E-state index contributed by atoms with van der Waals surface area (Å²) in [7, 11) is 0. The lowest BCUT2D eigenvalue weighted by molar-refractivity contribution is -0.119. The highest BCUT2D eigenvalue weighted by molar-refractivity contribution is 6.31. The maximum absolute atomic E-state index is 11.7. The standard InChI is InChI=1S/C15H16ClN3O/c16-10-4-5-11-12(9-10)18-7-6-13(11)19-8-2-1-3-14(19)15(17)20/h4-7,9,14H,1-3,8H2,(H2,17,20). The Hall–Kier alpha value is -1.81. The molecule has 3 rings (SSSR count). The van der Waals surface area contributed by atoms with Crippen molar-refractivity contribution in [2.24, 2.45) is 5.73 Å². The maximum atomic E-state index is 11.7. The summed E-state index contributed by atoms with van der Waals surface area (Å²) < 4.78 is 0. The van der Waals surface area contributed by atoms with E-state index in [0.29, 0.717) is 5.02 Å². The molecule has 5 heteroatoms. The van der Waals surface area contributed by atoms with E-state index in [0.717, 1.165) is 42.4 Å². The van der Waals surface area contributed by atoms with Gasteiger partial charge in [-0.05, 0) is 43.5 Å². The van der Waals surface area contributed by atoms with Crippen LogP contribution >= 0.6 is 11.6 Å². The molecule has 1 unspecified atom stereocenters. The van der Waals surface area contributed by atoms with Gasteiger partial charge < -0.3 is 10.6 Å². The van der Waals surface area contributed by atoms with Crippen LogP contribution in [0.1, 0.15) is 19.3 Å². The average Bonchev–Trinajstić information content (AvgIpc) is 2.46. The maximum Gasteiger partial charge on any atom is 0.240 e. The molecule has 1 aliphatic heterocycles. The monoisotopic (exact) mass is 289 g/mol. The largest absolute Gasteiger partial charge is 0.368 e. The zero-order valence-corrected chi connectivity index (χ0v) is 11.8. The number of primary amides is 1. The van der Waals surface area contributed by atoms with Crippen LogP contribution in [0.4, 0.5) is 5.69 Å². The summed E-state index contributed by atoms with van der Waals surface area (Å²) in [6.45, 7) is 0.843. The molecular weight excluding hydrogens is 274 g/mol. The van der Waals surface area contributed by atoms with Gasteiger partial charge in [0.1, 0.15) is 6.04 Å². The summed E-state index contributed by atoms with van der Waals surface area (Å²) in [5.74, 6) is -0.261. The summed E-state index contributed by atoms with van der Waals surface area (Å²) in [6.07, 6.45) is 4.67. The van der Waals surface area contributed by atoms with Gasteiger partial charge in [-0.2, -0.15) is 0 Å². The molecule has 1 aromatic carbocycles. The van der Waals surface area contributed by atoms with Gasteiger partial charge in [0.25, 0.3) is 0 Å². The van der Waals surface area contributed by atoms with Crippen molar-refractivity contribution in [3.63, 3.8) is 0 Å². The highest BCUT2D eigenvalue weighted by Gasteiger charge is 2.28. The van der Waals surface area contributed by atoms with Gasteiger partial charge >= 0.3 is 0 Å². The van der Waals surface area contributed by atoms with E-state index in [2.05, 4.69) is 9.88 Å². The molecule has 0 saturated carbocycles. The van der Waals surface area contributed by atoms with Crippen LogP contribution in [-0.4, -0.2) is 23.5 Å². The fourth-order valence-corrected chi connectivity index (χ4v) is 3.04. The SMILES string of the molecule is NC(=O)C1CCCCN1c1ccnc2cc(Cl)ccc12. The molecule has 2 aromatic rings. The molecule has 1 saturated heterocycles. The molecule has 2 heterocycles. The number of carbonyl (C=O) groups excluding carboxylic acids is 1. The third kappa shape index (κ3) is 2.31. The number of nitrogens with zero attached hydrogens (tertiary/aromatic N) is 2. The van der Waals surface area contributed by atoms with Crippen LogP contribution in [-0.2, 0) is 4.79 Å². The predicted octanol–water partition coefficient (Wildman–Crippen LogP) is 2.73. The zero-order valence-electron chi connectivity index (χ0n) is 11.1. The number of anilines is 1. The number of amides is 1. The Morgan fingerprint density at radius 2 is 2.20 bits per heavy atom. The van der Waals surface area contributed by atoms with Crippen LogP contribution in [0.25, 0.3) is 10.9 Å². The highest BCUT2D eigenvalue weighted by Crippen LogP contribution is 2.31. The molecule has 0 aliphatic carbocycles. The Kier molecular flexibility index (Phi) is 3.49. The number of fused-ring (bicyclic) bond motifs is 1. The number of hydrogen-bond donors (Lipinski definition) is 1. The number of hydrogen-bond acceptors (Lipinski definition) is 3. The first-order valence-corrected chi connectivity index (χ1v) is 7.15. The van der Waals surface area contributed by atoms with Gasteiger partial charge in [-0.1, -0.05) is 11.6 Å². The van der Waals surface area contributed by atoms with E-state index in [9.17, 15) is 4.79 Å². The van der Waals surface area contributed by atoms with Crippen LogP contribution in [0, 0.1) is 0 Å². The zero-order chi connectivity index (χ0) is 14.1. The summed E-state index contributed by atoms with van der Waals surface area (Å²) in [5, 5.41) is 1.66. The number of rotatable bonds is 2. The summed E-state index contributed by atoms with van der Waals surface area (Å²) in [4.78, 5) is 18.1. The fourth-order valence-electron chi connectivity index (χ4n) is 2.87. The third-order valence-electron chi connectivity index (χ3n) is 3.82. The fraction of sp³-hybridized carbons (Fsp3) is 0.333. The topological polar surface area (TPSA) is 59.2 Å². The van der Waals surface area contributed by atoms with Crippen LogP contribution in [0.2, 0.25) is 5.02 Å². The van der Waals surface area contributed by atoms with Crippen molar-refractivity contribution in [2.75, 3.05) is 11.4 Å². The molecule has 20 heavy (non-hydrogen) atoms. The normalized spacial score (nSPS) is 19.2. The molecule has 4 nitrogen and oxygen atoms in total. The van der Waals surface area contributed by atoms with Gasteiger partial charge in [-0.3, -0.25) is 9.78 Å². The first-order valence-electron chi connectivity index (χ1n) is 6.77. The lowest BCUT2D eigenvalue weighted by Crippen LogP contribution is -2.47. The Bertz CT molecular complexity index is 659. The van der Waals surface area contributed by atoms with E-state index < -0.39 is 0 Å². The van der Waals surface area contributed by atoms with Gasteiger partial charge in [-0.15, -0.1) is 0 Å². The first-order chi connectivity index (χ1) is 9.66. The van der Waals surface area contributed by atoms with Crippen molar-refractivity contribution in [3.8, 4) is 0 Å². The number of carbonyl (C=O) groups is 1. The Balaban J connectivity index is 2.10. The van der Waals surface area contributed by atoms with E-state index in [1.54, 1.807) is 6.20 Å². The van der Waals surface area contributed by atoms with Crippen molar-refractivity contribution in [1.82, 2.24) is 4.98 Å². The lowest BCUT2D eigenvalue weighted by Gasteiger charge is -2.36. The van der Waals surface area contributed by atoms with Gasteiger partial charge in [0, 0.05) is 28.8 Å². The molecule has 1 aromatic heterocycles. The highest BCUT2D eigenvalue weighted by atomic mass is 35.5. The molecule has 1 atom stereocenters. The summed E-state index contributed by atoms with van der Waals surface area (Å²) in [6, 6.07) is 7.34. The minimum Gasteiger partial charge on any atom is -0.368 e. The second-order valence-electron chi connectivity index (χ2n) is 5.10. The number of halogens is 1. The van der Waals surface area contributed by atoms with Gasteiger partial charge in [0.05, 0.1) is 5.52 Å². The van der Waals surface area contributed by atoms with Crippen molar-refractivity contribution in [1.29, 1.82) is 0 Å². The van der Waals surface area contributed by atoms with Crippen molar-refractivity contribution in [3.05, 3.63) is 35.5 Å². The van der Waals surface area contributed by atoms with E-state index in [1.807, 2.05) is 24.3 Å². The smallest absolute Gasteiger partial charge is 0.240 e. The van der Waals surface area contributed by atoms with E-state index in [4.69, 9.17) is 17.3 Å². The predicted molar refractivity (Wildman–Crippen MR) is 80.9 cm³/mol.